The normalized spacial score (nSPS) is 43.4. The van der Waals surface area contributed by atoms with Crippen LogP contribution in [0.2, 0.25) is 0 Å². The molecular weight excluding hydrogens is 316 g/mol. The maximum absolute atomic E-state index is 11.0. The van der Waals surface area contributed by atoms with Crippen molar-refractivity contribution in [3.63, 3.8) is 0 Å². The summed E-state index contributed by atoms with van der Waals surface area (Å²) in [4.78, 5) is 0. The number of hydrogen-bond donors (Lipinski definition) is 3. The molecule has 0 bridgehead atoms. The van der Waals surface area contributed by atoms with Crippen LogP contribution in [-0.2, 0) is 4.74 Å². The third-order valence-electron chi connectivity index (χ3n) is 7.17. The maximum atomic E-state index is 11.0. The summed E-state index contributed by atoms with van der Waals surface area (Å²) < 4.78 is 6.14. The molecule has 0 radical (unpaired) electrons. The summed E-state index contributed by atoms with van der Waals surface area (Å²) in [6.07, 6.45) is 4.72. The minimum atomic E-state index is -1.16. The summed E-state index contributed by atoms with van der Waals surface area (Å²) in [5.74, 6) is 1.71. The van der Waals surface area contributed by atoms with Gasteiger partial charge in [-0.2, -0.15) is 0 Å². The van der Waals surface area contributed by atoms with Crippen LogP contribution < -0.4 is 0 Å². The Bertz CT molecular complexity index is 424. The van der Waals surface area contributed by atoms with Crippen LogP contribution in [0.1, 0.15) is 79.6 Å². The molecule has 3 N–H and O–H groups in total. The minimum absolute atomic E-state index is 0.0541. The first-order valence-corrected chi connectivity index (χ1v) is 10.3. The smallest absolute Gasteiger partial charge is 0.114 e. The van der Waals surface area contributed by atoms with E-state index in [0.29, 0.717) is 37.0 Å². The standard InChI is InChI=1S/C21H40O4/c1-14(2)17-6-7-19(22)21(24,11-9-17)13-25-18-12-20(23,15(3)4)10-8-16(18)5/h14-19,22-24H,6-13H2,1-5H3. The highest BCUT2D eigenvalue weighted by Crippen LogP contribution is 2.40. The van der Waals surface area contributed by atoms with Gasteiger partial charge in [0.15, 0.2) is 0 Å². The molecule has 0 aromatic rings. The van der Waals surface area contributed by atoms with Crippen molar-refractivity contribution in [3.8, 4) is 0 Å². The SMILES string of the molecule is CC(C)C1CCC(O)C(O)(COC2CC(O)(C(C)C)CCC2C)CC1. The van der Waals surface area contributed by atoms with Gasteiger partial charge in [-0.1, -0.05) is 34.6 Å². The molecule has 0 aliphatic heterocycles. The molecule has 2 fully saturated rings. The van der Waals surface area contributed by atoms with Crippen molar-refractivity contribution in [1.29, 1.82) is 0 Å². The molecule has 2 rings (SSSR count). The van der Waals surface area contributed by atoms with Gasteiger partial charge in [0.2, 0.25) is 0 Å². The van der Waals surface area contributed by atoms with E-state index in [9.17, 15) is 15.3 Å². The van der Waals surface area contributed by atoms with E-state index in [1.165, 1.54) is 0 Å². The van der Waals surface area contributed by atoms with Crippen molar-refractivity contribution in [2.75, 3.05) is 6.61 Å². The van der Waals surface area contributed by atoms with Crippen molar-refractivity contribution < 1.29 is 20.1 Å². The second kappa shape index (κ2) is 8.24. The Labute approximate surface area is 154 Å². The molecule has 0 aromatic carbocycles. The molecule has 6 atom stereocenters. The lowest BCUT2D eigenvalue weighted by Gasteiger charge is -2.44. The Morgan fingerprint density at radius 1 is 1.00 bits per heavy atom. The zero-order valence-electron chi connectivity index (χ0n) is 16.9. The predicted octanol–water partition coefficient (Wildman–Crippen LogP) is 3.52. The average Bonchev–Trinajstić information content (AvgIpc) is 2.69. The highest BCUT2D eigenvalue weighted by atomic mass is 16.5. The van der Waals surface area contributed by atoms with Crippen molar-refractivity contribution in [3.05, 3.63) is 0 Å². The molecule has 2 saturated carbocycles. The van der Waals surface area contributed by atoms with Crippen LogP contribution in [0, 0.1) is 23.7 Å². The quantitative estimate of drug-likeness (QED) is 0.659. The molecule has 2 aliphatic rings. The first kappa shape index (κ1) is 21.1. The van der Waals surface area contributed by atoms with Gasteiger partial charge in [-0.25, -0.2) is 0 Å². The fourth-order valence-electron chi connectivity index (χ4n) is 4.54. The van der Waals surface area contributed by atoms with Crippen LogP contribution in [0.3, 0.4) is 0 Å². The molecule has 0 saturated heterocycles. The molecule has 4 heteroatoms. The molecule has 0 heterocycles. The van der Waals surface area contributed by atoms with Gasteiger partial charge in [-0.15, -0.1) is 0 Å². The van der Waals surface area contributed by atoms with Gasteiger partial charge >= 0.3 is 0 Å². The largest absolute Gasteiger partial charge is 0.390 e. The van der Waals surface area contributed by atoms with E-state index in [1.54, 1.807) is 0 Å². The molecule has 0 spiro atoms. The third kappa shape index (κ3) is 4.97. The summed E-state index contributed by atoms with van der Waals surface area (Å²) >= 11 is 0. The Balaban J connectivity index is 1.98. The maximum Gasteiger partial charge on any atom is 0.114 e. The summed E-state index contributed by atoms with van der Waals surface area (Å²) in [6.45, 7) is 10.9. The Hall–Kier alpha value is -0.160. The highest BCUT2D eigenvalue weighted by molar-refractivity contribution is 4.94. The van der Waals surface area contributed by atoms with Gasteiger partial charge in [0.25, 0.3) is 0 Å². The van der Waals surface area contributed by atoms with E-state index in [1.807, 2.05) is 0 Å². The van der Waals surface area contributed by atoms with Crippen LogP contribution >= 0.6 is 0 Å². The van der Waals surface area contributed by atoms with E-state index in [0.717, 1.165) is 25.7 Å². The number of rotatable bonds is 5. The van der Waals surface area contributed by atoms with Crippen LogP contribution in [0.5, 0.6) is 0 Å². The molecule has 25 heavy (non-hydrogen) atoms. The third-order valence-corrected chi connectivity index (χ3v) is 7.17. The Morgan fingerprint density at radius 3 is 2.28 bits per heavy atom. The van der Waals surface area contributed by atoms with Crippen molar-refractivity contribution in [2.24, 2.45) is 23.7 Å². The molecule has 0 amide bonds. The fourth-order valence-corrected chi connectivity index (χ4v) is 4.54. The van der Waals surface area contributed by atoms with Gasteiger partial charge in [0, 0.05) is 6.42 Å². The molecule has 6 unspecified atom stereocenters. The monoisotopic (exact) mass is 356 g/mol. The van der Waals surface area contributed by atoms with Crippen LogP contribution in [-0.4, -0.2) is 45.3 Å². The molecular formula is C21H40O4. The number of aliphatic hydroxyl groups excluding tert-OH is 1. The average molecular weight is 357 g/mol. The Kier molecular flexibility index (Phi) is 6.97. The summed E-state index contributed by atoms with van der Waals surface area (Å²) in [7, 11) is 0. The Morgan fingerprint density at radius 2 is 1.68 bits per heavy atom. The topological polar surface area (TPSA) is 69.9 Å². The van der Waals surface area contributed by atoms with Gasteiger partial charge in [0.05, 0.1) is 24.4 Å². The van der Waals surface area contributed by atoms with Gasteiger partial charge in [-0.05, 0) is 62.2 Å². The van der Waals surface area contributed by atoms with Crippen LogP contribution in [0.15, 0.2) is 0 Å². The van der Waals surface area contributed by atoms with E-state index in [2.05, 4.69) is 34.6 Å². The van der Waals surface area contributed by atoms with E-state index in [4.69, 9.17) is 4.74 Å². The first-order valence-electron chi connectivity index (χ1n) is 10.3. The van der Waals surface area contributed by atoms with Crippen LogP contribution in [0.25, 0.3) is 0 Å². The summed E-state index contributed by atoms with van der Waals surface area (Å²) in [6, 6.07) is 0. The second-order valence-electron chi connectivity index (χ2n) is 9.57. The predicted molar refractivity (Wildman–Crippen MR) is 100 cm³/mol. The van der Waals surface area contributed by atoms with Crippen molar-refractivity contribution >= 4 is 0 Å². The lowest BCUT2D eigenvalue weighted by molar-refractivity contribution is -0.169. The highest BCUT2D eigenvalue weighted by Gasteiger charge is 2.44. The van der Waals surface area contributed by atoms with E-state index < -0.39 is 17.3 Å². The van der Waals surface area contributed by atoms with Crippen molar-refractivity contribution in [1.82, 2.24) is 0 Å². The second-order valence-corrected chi connectivity index (χ2v) is 9.57. The number of hydrogen-bond acceptors (Lipinski definition) is 4. The lowest BCUT2D eigenvalue weighted by atomic mass is 9.72. The fraction of sp³-hybridized carbons (Fsp3) is 1.00. The first-order chi connectivity index (χ1) is 11.6. The number of aliphatic hydroxyl groups is 3. The van der Waals surface area contributed by atoms with Gasteiger partial charge in [0.1, 0.15) is 5.60 Å². The van der Waals surface area contributed by atoms with E-state index in [-0.39, 0.29) is 18.6 Å². The molecule has 148 valence electrons. The van der Waals surface area contributed by atoms with Gasteiger partial charge < -0.3 is 20.1 Å². The van der Waals surface area contributed by atoms with Gasteiger partial charge in [-0.3, -0.25) is 0 Å². The summed E-state index contributed by atoms with van der Waals surface area (Å²) in [5, 5.41) is 32.4. The van der Waals surface area contributed by atoms with Crippen molar-refractivity contribution in [2.45, 2.75) is 103 Å². The zero-order valence-corrected chi connectivity index (χ0v) is 16.9. The summed E-state index contributed by atoms with van der Waals surface area (Å²) in [5.41, 5.74) is -1.83. The van der Waals surface area contributed by atoms with E-state index >= 15 is 0 Å². The molecule has 0 aromatic heterocycles. The zero-order chi connectivity index (χ0) is 18.8. The molecule has 2 aliphatic carbocycles. The number of ether oxygens (including phenoxy) is 1. The molecule has 4 nitrogen and oxygen atoms in total. The van der Waals surface area contributed by atoms with Crippen LogP contribution in [0.4, 0.5) is 0 Å². The lowest BCUT2D eigenvalue weighted by Crippen LogP contribution is -2.50. The minimum Gasteiger partial charge on any atom is -0.390 e.